The summed E-state index contributed by atoms with van der Waals surface area (Å²) < 4.78 is 24.5. The quantitative estimate of drug-likeness (QED) is 0.885. The van der Waals surface area contributed by atoms with Crippen LogP contribution in [-0.2, 0) is 6.61 Å². The lowest BCUT2D eigenvalue weighted by molar-refractivity contribution is 0.0696. The Kier molecular flexibility index (Phi) is 4.80. The Bertz CT molecular complexity index is 652. The average molecular weight is 355 g/mol. The van der Waals surface area contributed by atoms with Gasteiger partial charge in [0.1, 0.15) is 12.4 Å². The fourth-order valence-corrected chi connectivity index (χ4v) is 2.29. The Morgan fingerprint density at radius 3 is 2.62 bits per heavy atom. The Morgan fingerprint density at radius 1 is 1.24 bits per heavy atom. The first-order valence-corrected chi connectivity index (χ1v) is 6.78. The van der Waals surface area contributed by atoms with E-state index in [4.69, 9.17) is 14.6 Å². The van der Waals surface area contributed by atoms with Crippen LogP contribution >= 0.6 is 15.9 Å². The molecular formula is C15H12BrFO4. The van der Waals surface area contributed by atoms with Crippen molar-refractivity contribution in [2.45, 2.75) is 6.61 Å². The van der Waals surface area contributed by atoms with Gasteiger partial charge in [0.25, 0.3) is 0 Å². The summed E-state index contributed by atoms with van der Waals surface area (Å²) in [6, 6.07) is 8.76. The molecule has 0 fully saturated rings. The number of hydrogen-bond acceptors (Lipinski definition) is 3. The van der Waals surface area contributed by atoms with Crippen molar-refractivity contribution in [2.75, 3.05) is 7.11 Å². The number of halogens is 2. The molecule has 0 aliphatic heterocycles. The maximum Gasteiger partial charge on any atom is 0.335 e. The lowest BCUT2D eigenvalue weighted by Crippen LogP contribution is -2.01. The highest BCUT2D eigenvalue weighted by atomic mass is 79.9. The van der Waals surface area contributed by atoms with E-state index in [1.54, 1.807) is 6.07 Å². The molecule has 21 heavy (non-hydrogen) atoms. The molecule has 2 aromatic rings. The first-order valence-electron chi connectivity index (χ1n) is 5.98. The highest BCUT2D eigenvalue weighted by Gasteiger charge is 2.10. The number of hydrogen-bond donors (Lipinski definition) is 1. The molecule has 110 valence electrons. The van der Waals surface area contributed by atoms with Gasteiger partial charge in [0.2, 0.25) is 0 Å². The van der Waals surface area contributed by atoms with Crippen LogP contribution in [0.2, 0.25) is 0 Å². The fraction of sp³-hybridized carbons (Fsp3) is 0.133. The standard InChI is InChI=1S/C15H12BrFO4/c1-20-14-6-10(15(18)19)2-3-13(14)21-8-9-4-11(16)7-12(17)5-9/h2-7H,8H2,1H3,(H,18,19). The smallest absolute Gasteiger partial charge is 0.335 e. The van der Waals surface area contributed by atoms with Gasteiger partial charge in [-0.1, -0.05) is 15.9 Å². The summed E-state index contributed by atoms with van der Waals surface area (Å²) in [5, 5.41) is 8.92. The number of benzene rings is 2. The van der Waals surface area contributed by atoms with Crippen LogP contribution in [0.15, 0.2) is 40.9 Å². The lowest BCUT2D eigenvalue weighted by Gasteiger charge is -2.11. The van der Waals surface area contributed by atoms with Gasteiger partial charge in [0.15, 0.2) is 11.5 Å². The summed E-state index contributed by atoms with van der Waals surface area (Å²) in [6.07, 6.45) is 0. The number of aromatic carboxylic acids is 1. The maximum absolute atomic E-state index is 13.3. The zero-order valence-electron chi connectivity index (χ0n) is 11.1. The Morgan fingerprint density at radius 2 is 2.00 bits per heavy atom. The summed E-state index contributed by atoms with van der Waals surface area (Å²) in [7, 11) is 1.42. The first-order chi connectivity index (χ1) is 9.99. The Balaban J connectivity index is 2.17. The molecule has 2 rings (SSSR count). The molecule has 6 heteroatoms. The van der Waals surface area contributed by atoms with E-state index < -0.39 is 5.97 Å². The second kappa shape index (κ2) is 6.58. The second-order valence-corrected chi connectivity index (χ2v) is 5.15. The van der Waals surface area contributed by atoms with Crippen molar-refractivity contribution < 1.29 is 23.8 Å². The van der Waals surface area contributed by atoms with Crippen molar-refractivity contribution in [3.8, 4) is 11.5 Å². The predicted molar refractivity (Wildman–Crippen MR) is 78.4 cm³/mol. The van der Waals surface area contributed by atoms with E-state index in [1.165, 1.54) is 37.4 Å². The molecule has 0 aromatic heterocycles. The summed E-state index contributed by atoms with van der Waals surface area (Å²) in [5.41, 5.74) is 0.749. The van der Waals surface area contributed by atoms with Crippen molar-refractivity contribution in [1.82, 2.24) is 0 Å². The molecule has 0 saturated heterocycles. The zero-order chi connectivity index (χ0) is 15.4. The molecular weight excluding hydrogens is 343 g/mol. The summed E-state index contributed by atoms with van der Waals surface area (Å²) in [6.45, 7) is 0.138. The highest BCUT2D eigenvalue weighted by Crippen LogP contribution is 2.29. The molecule has 0 unspecified atom stereocenters. The van der Waals surface area contributed by atoms with E-state index in [0.717, 1.165) is 0 Å². The van der Waals surface area contributed by atoms with Crippen LogP contribution in [-0.4, -0.2) is 18.2 Å². The minimum absolute atomic E-state index is 0.104. The largest absolute Gasteiger partial charge is 0.493 e. The molecule has 2 aromatic carbocycles. The van der Waals surface area contributed by atoms with Crippen LogP contribution in [0.3, 0.4) is 0 Å². The number of carboxylic acids is 1. The van der Waals surface area contributed by atoms with Crippen molar-refractivity contribution in [2.24, 2.45) is 0 Å². The normalized spacial score (nSPS) is 10.2. The van der Waals surface area contributed by atoms with E-state index in [9.17, 15) is 9.18 Å². The molecule has 0 spiro atoms. The molecule has 0 amide bonds. The predicted octanol–water partition coefficient (Wildman–Crippen LogP) is 3.87. The van der Waals surface area contributed by atoms with Gasteiger partial charge in [-0.05, 0) is 42.0 Å². The SMILES string of the molecule is COc1cc(C(=O)O)ccc1OCc1cc(F)cc(Br)c1. The summed E-state index contributed by atoms with van der Waals surface area (Å²) in [5.74, 6) is -0.710. The Labute approximate surface area is 129 Å². The van der Waals surface area contributed by atoms with Crippen LogP contribution in [0.5, 0.6) is 11.5 Å². The van der Waals surface area contributed by atoms with Crippen molar-refractivity contribution in [3.63, 3.8) is 0 Å². The van der Waals surface area contributed by atoms with Gasteiger partial charge in [-0.15, -0.1) is 0 Å². The van der Waals surface area contributed by atoms with E-state index in [1.807, 2.05) is 0 Å². The number of carboxylic acid groups (broad SMARTS) is 1. The van der Waals surface area contributed by atoms with Crippen LogP contribution in [0.4, 0.5) is 4.39 Å². The third-order valence-corrected chi connectivity index (χ3v) is 3.19. The van der Waals surface area contributed by atoms with Crippen LogP contribution in [0.25, 0.3) is 0 Å². The minimum atomic E-state index is -1.05. The molecule has 0 bridgehead atoms. The van der Waals surface area contributed by atoms with Gasteiger partial charge >= 0.3 is 5.97 Å². The summed E-state index contributed by atoms with van der Waals surface area (Å²) >= 11 is 3.21. The van der Waals surface area contributed by atoms with E-state index in [0.29, 0.717) is 21.5 Å². The molecule has 4 nitrogen and oxygen atoms in total. The molecule has 1 N–H and O–H groups in total. The highest BCUT2D eigenvalue weighted by molar-refractivity contribution is 9.10. The number of rotatable bonds is 5. The van der Waals surface area contributed by atoms with Crippen LogP contribution < -0.4 is 9.47 Å². The van der Waals surface area contributed by atoms with E-state index in [2.05, 4.69) is 15.9 Å². The van der Waals surface area contributed by atoms with Gasteiger partial charge in [-0.25, -0.2) is 9.18 Å². The van der Waals surface area contributed by atoms with Crippen molar-refractivity contribution in [1.29, 1.82) is 0 Å². The fourth-order valence-electron chi connectivity index (χ4n) is 1.78. The number of methoxy groups -OCH3 is 1. The third kappa shape index (κ3) is 3.95. The van der Waals surface area contributed by atoms with Crippen LogP contribution in [0, 0.1) is 5.82 Å². The second-order valence-electron chi connectivity index (χ2n) is 4.24. The van der Waals surface area contributed by atoms with Gasteiger partial charge in [0, 0.05) is 4.47 Å². The monoisotopic (exact) mass is 354 g/mol. The van der Waals surface area contributed by atoms with Gasteiger partial charge in [0.05, 0.1) is 12.7 Å². The number of carbonyl (C=O) groups is 1. The summed E-state index contributed by atoms with van der Waals surface area (Å²) in [4.78, 5) is 10.9. The first kappa shape index (κ1) is 15.3. The van der Waals surface area contributed by atoms with Gasteiger partial charge in [-0.2, -0.15) is 0 Å². The zero-order valence-corrected chi connectivity index (χ0v) is 12.7. The van der Waals surface area contributed by atoms with Gasteiger partial charge in [-0.3, -0.25) is 0 Å². The molecule has 0 atom stereocenters. The maximum atomic E-state index is 13.3. The van der Waals surface area contributed by atoms with Crippen molar-refractivity contribution in [3.05, 3.63) is 57.8 Å². The molecule has 0 aliphatic carbocycles. The third-order valence-electron chi connectivity index (χ3n) is 2.73. The molecule has 0 aliphatic rings. The molecule has 0 heterocycles. The Hall–Kier alpha value is -2.08. The van der Waals surface area contributed by atoms with E-state index >= 15 is 0 Å². The molecule has 0 radical (unpaired) electrons. The lowest BCUT2D eigenvalue weighted by atomic mass is 10.2. The molecule has 0 saturated carbocycles. The van der Waals surface area contributed by atoms with E-state index in [-0.39, 0.29) is 18.0 Å². The van der Waals surface area contributed by atoms with Gasteiger partial charge < -0.3 is 14.6 Å². The van der Waals surface area contributed by atoms with Crippen LogP contribution in [0.1, 0.15) is 15.9 Å². The number of ether oxygens (including phenoxy) is 2. The van der Waals surface area contributed by atoms with Crippen molar-refractivity contribution >= 4 is 21.9 Å². The topological polar surface area (TPSA) is 55.8 Å². The average Bonchev–Trinajstić information content (AvgIpc) is 2.43. The minimum Gasteiger partial charge on any atom is -0.493 e.